The number of aliphatic carboxylic acids is 1. The van der Waals surface area contributed by atoms with Crippen LogP contribution in [-0.2, 0) is 38.1 Å². The molecule has 0 radical (unpaired) electrons. The molecule has 1 aromatic carbocycles. The quantitative estimate of drug-likeness (QED) is 0.0160. The van der Waals surface area contributed by atoms with Crippen molar-refractivity contribution in [2.45, 2.75) is 118 Å². The van der Waals surface area contributed by atoms with E-state index in [9.17, 15) is 39.0 Å². The number of carbonyl (C=O) groups is 6. The highest BCUT2D eigenvalue weighted by molar-refractivity contribution is 8.00. The highest BCUT2D eigenvalue weighted by atomic mass is 32.2. The molecule has 28 nitrogen and oxygen atoms in total. The molecule has 79 heavy (non-hydrogen) atoms. The molecule has 1 unspecified atom stereocenters. The van der Waals surface area contributed by atoms with Gasteiger partial charge in [-0.2, -0.15) is 23.5 Å². The first-order valence-electron chi connectivity index (χ1n) is 26.5. The van der Waals surface area contributed by atoms with Crippen LogP contribution in [0.25, 0.3) is 11.2 Å². The molecule has 6 amide bonds. The highest BCUT2D eigenvalue weighted by Gasteiger charge is 2.45. The van der Waals surface area contributed by atoms with Gasteiger partial charge in [0.15, 0.2) is 34.0 Å². The van der Waals surface area contributed by atoms with Crippen LogP contribution in [-0.4, -0.2) is 201 Å². The number of hydrogen-bond acceptors (Lipinski definition) is 21. The van der Waals surface area contributed by atoms with E-state index < -0.39 is 60.3 Å². The van der Waals surface area contributed by atoms with Gasteiger partial charge in [-0.15, -0.1) is 0 Å². The fraction of sp³-hybridized carbons (Fsp3) is 0.653. The minimum atomic E-state index is -1.29. The van der Waals surface area contributed by atoms with Crippen molar-refractivity contribution in [1.82, 2.24) is 56.3 Å². The summed E-state index contributed by atoms with van der Waals surface area (Å²) in [5.41, 5.74) is 13.8. The maximum Gasteiger partial charge on any atom is 0.320 e. The van der Waals surface area contributed by atoms with E-state index in [1.807, 2.05) is 11.8 Å². The first-order valence-corrected chi connectivity index (χ1v) is 28.7. The van der Waals surface area contributed by atoms with E-state index in [0.717, 1.165) is 25.0 Å². The second-order valence-corrected chi connectivity index (χ2v) is 21.3. The Balaban J connectivity index is 0.814. The van der Waals surface area contributed by atoms with Gasteiger partial charge < -0.3 is 77.2 Å². The van der Waals surface area contributed by atoms with E-state index in [2.05, 4.69) is 62.2 Å². The number of nitrogens with two attached hydrogens (primary N) is 1. The first-order chi connectivity index (χ1) is 38.3. The van der Waals surface area contributed by atoms with Crippen molar-refractivity contribution in [2.24, 2.45) is 10.8 Å². The number of hydrogen-bond donors (Lipinski definition) is 12. The van der Waals surface area contributed by atoms with Crippen LogP contribution in [0.3, 0.4) is 0 Å². The van der Waals surface area contributed by atoms with Gasteiger partial charge in [-0.3, -0.25) is 28.5 Å². The number of anilines is 1. The summed E-state index contributed by atoms with van der Waals surface area (Å²) in [7, 11) is 0. The van der Waals surface area contributed by atoms with Crippen molar-refractivity contribution in [3.63, 3.8) is 0 Å². The van der Waals surface area contributed by atoms with Gasteiger partial charge in [0.05, 0.1) is 57.4 Å². The Morgan fingerprint density at radius 1 is 0.886 bits per heavy atom. The van der Waals surface area contributed by atoms with Crippen molar-refractivity contribution in [3.05, 3.63) is 42.5 Å². The minimum Gasteiger partial charge on any atom is -0.480 e. The number of rotatable bonds is 38. The predicted octanol–water partition coefficient (Wildman–Crippen LogP) is 0.448. The molecular weight excluding hydrogens is 1070 g/mol. The molecule has 3 aliphatic rings. The number of aromatic nitrogens is 4. The van der Waals surface area contributed by atoms with Gasteiger partial charge in [0, 0.05) is 68.1 Å². The Hall–Kier alpha value is -6.08. The number of thioether (sulfide) groups is 2. The first kappa shape index (κ1) is 62.1. The van der Waals surface area contributed by atoms with Crippen molar-refractivity contribution in [3.8, 4) is 0 Å². The summed E-state index contributed by atoms with van der Waals surface area (Å²) in [4.78, 5) is 90.5. The van der Waals surface area contributed by atoms with Gasteiger partial charge in [-0.05, 0) is 75.0 Å². The monoisotopic (exact) mass is 1140 g/mol. The zero-order valence-electron chi connectivity index (χ0n) is 43.9. The molecular formula is C49H74N15O13S2+. The van der Waals surface area contributed by atoms with Gasteiger partial charge >= 0.3 is 12.0 Å². The molecule has 0 bridgehead atoms. The standard InChI is InChI=1S/C49H73N15O13S2/c50-32(48(71)72)13-24-78-27-35-41(67)42(68)47(77-35)64-29-58-40-43(56-28-57-44(40)64)54-15-4-3-14-53-38(66)25-33(59-45(69)30-9-11-31(12-10-30)62-63-51)46(70)55-17-6-19-75-21-23-76-22-20-74-18-5-16-52-37(65)8-2-1-7-36-39-34(26-79-36)60-49(73)61-39/h9-12,28-29,32-36,39,41-42,47,51,67-68H,1-8,13-27,50H2,(H7-,52,53,54,55,56,57,59,60,61,65,66,69,70,71,72,73)/p+1/t32-,33-,34-,35+,36-,39-,41?,42-,47+/m0/s1. The Kier molecular flexibility index (Phi) is 26.3. The number of aliphatic hydroxyl groups is 2. The van der Waals surface area contributed by atoms with Crippen molar-refractivity contribution >= 4 is 81.8 Å². The second-order valence-electron chi connectivity index (χ2n) is 18.9. The summed E-state index contributed by atoms with van der Waals surface area (Å²) in [6.45, 7) is 3.73. The summed E-state index contributed by atoms with van der Waals surface area (Å²) in [5.74, 6) is -0.587. The number of benzene rings is 1. The Morgan fingerprint density at radius 3 is 2.32 bits per heavy atom. The number of amides is 6. The van der Waals surface area contributed by atoms with Crippen LogP contribution in [0, 0.1) is 5.53 Å². The molecule has 5 heterocycles. The third-order valence-electron chi connectivity index (χ3n) is 13.0. The third-order valence-corrected chi connectivity index (χ3v) is 15.6. The maximum absolute atomic E-state index is 13.4. The molecule has 0 spiro atoms. The lowest BCUT2D eigenvalue weighted by Crippen LogP contribution is -2.49. The van der Waals surface area contributed by atoms with Gasteiger partial charge in [0.2, 0.25) is 22.6 Å². The number of aliphatic hydroxyl groups excluding tert-OH is 2. The van der Waals surface area contributed by atoms with Crippen LogP contribution >= 0.6 is 23.5 Å². The highest BCUT2D eigenvalue weighted by Crippen LogP contribution is 2.35. The summed E-state index contributed by atoms with van der Waals surface area (Å²) in [5, 5.41) is 54.9. The molecule has 9 atom stereocenters. The molecule has 3 fully saturated rings. The molecule has 13 N–H and O–H groups in total. The molecule has 0 aliphatic carbocycles. The molecule has 0 saturated carbocycles. The van der Waals surface area contributed by atoms with Crippen LogP contribution < -0.4 is 47.9 Å². The fourth-order valence-corrected chi connectivity index (χ4v) is 11.4. The van der Waals surface area contributed by atoms with E-state index in [4.69, 9.17) is 35.3 Å². The Labute approximate surface area is 464 Å². The average molecular weight is 1150 g/mol. The summed E-state index contributed by atoms with van der Waals surface area (Å²) in [6, 6.07) is 4.04. The fourth-order valence-electron chi connectivity index (χ4n) is 8.74. The van der Waals surface area contributed by atoms with E-state index >= 15 is 0 Å². The molecule has 3 aromatic rings. The molecule has 3 aliphatic heterocycles. The number of ether oxygens (including phenoxy) is 4. The van der Waals surface area contributed by atoms with E-state index in [1.165, 1.54) is 53.2 Å². The topological polar surface area (TPSA) is 404 Å². The van der Waals surface area contributed by atoms with Crippen molar-refractivity contribution < 1.29 is 63.0 Å². The lowest BCUT2D eigenvalue weighted by molar-refractivity contribution is -0.138. The number of unbranched alkanes of at least 4 members (excludes halogenated alkanes) is 2. The summed E-state index contributed by atoms with van der Waals surface area (Å²) in [6.07, 6.45) is 3.95. The van der Waals surface area contributed by atoms with E-state index in [0.29, 0.717) is 124 Å². The normalized spacial score (nSPS) is 21.1. The number of urea groups is 1. The van der Waals surface area contributed by atoms with Gasteiger partial charge in [0.25, 0.3) is 5.91 Å². The predicted molar refractivity (Wildman–Crippen MR) is 290 cm³/mol. The number of carbonyl (C=O) groups excluding carboxylic acids is 5. The zero-order chi connectivity index (χ0) is 56.4. The Morgan fingerprint density at radius 2 is 1.58 bits per heavy atom. The molecule has 434 valence electrons. The smallest absolute Gasteiger partial charge is 0.320 e. The van der Waals surface area contributed by atoms with Crippen LogP contribution in [0.15, 0.2) is 42.0 Å². The lowest BCUT2D eigenvalue weighted by Gasteiger charge is -2.18. The number of carboxylic acids is 1. The maximum atomic E-state index is 13.4. The number of imidazole rings is 1. The van der Waals surface area contributed by atoms with Crippen LogP contribution in [0.4, 0.5) is 16.3 Å². The minimum absolute atomic E-state index is 0.0279. The molecule has 2 aromatic heterocycles. The van der Waals surface area contributed by atoms with Crippen molar-refractivity contribution in [2.75, 3.05) is 88.4 Å². The van der Waals surface area contributed by atoms with E-state index in [-0.39, 0.29) is 55.5 Å². The largest absolute Gasteiger partial charge is 0.480 e. The van der Waals surface area contributed by atoms with Crippen LogP contribution in [0.2, 0.25) is 0 Å². The number of nitrogens with one attached hydrogen (secondary N) is 8. The molecule has 30 heteroatoms. The summed E-state index contributed by atoms with van der Waals surface area (Å²) >= 11 is 3.24. The van der Waals surface area contributed by atoms with E-state index in [1.54, 1.807) is 0 Å². The number of nitrogens with zero attached hydrogens (tertiary/aromatic N) is 6. The van der Waals surface area contributed by atoms with Crippen LogP contribution in [0.5, 0.6) is 0 Å². The van der Waals surface area contributed by atoms with Crippen molar-refractivity contribution in [1.29, 1.82) is 5.53 Å². The summed E-state index contributed by atoms with van der Waals surface area (Å²) < 4.78 is 24.3. The molecule has 6 rings (SSSR count). The third kappa shape index (κ3) is 20.2. The Bertz CT molecular complexity index is 2490. The average Bonchev–Trinajstić information content (AvgIpc) is 4.30. The SMILES string of the molecule is N=[N+]=Nc1ccc(C(=O)N[C@@H](CC(=O)NCCCCNc2ncnc3c2ncn3[C@@H]2O[C@H](CSCC[C@H](N)C(=O)O)C(O)[C@@H]2O)C(=O)NCCCOCCOCCOCCCNC(=O)CCCC[C@@H]2SC[C@@H]3NC(=O)N[C@@H]32)cc1. The number of fused-ring (bicyclic) bond motifs is 2. The van der Waals surface area contributed by atoms with Gasteiger partial charge in [0.1, 0.15) is 36.2 Å². The second kappa shape index (κ2) is 33.5. The van der Waals surface area contributed by atoms with Gasteiger partial charge in [-0.25, -0.2) is 19.7 Å². The molecule has 3 saturated heterocycles. The zero-order valence-corrected chi connectivity index (χ0v) is 45.6. The van der Waals surface area contributed by atoms with Gasteiger partial charge in [-0.1, -0.05) is 6.42 Å². The number of carboxylic acid groups (broad SMARTS) is 1. The lowest BCUT2D eigenvalue weighted by atomic mass is 10.0. The van der Waals surface area contributed by atoms with Crippen LogP contribution in [0.1, 0.15) is 80.8 Å².